The molecule has 2 aliphatic rings. The second-order valence-electron chi connectivity index (χ2n) is 7.46. The van der Waals surface area contributed by atoms with Crippen LogP contribution in [0.4, 0.5) is 0 Å². The van der Waals surface area contributed by atoms with Crippen molar-refractivity contribution < 1.29 is 9.47 Å². The fourth-order valence-electron chi connectivity index (χ4n) is 4.20. The topological polar surface area (TPSA) is 36.3 Å². The van der Waals surface area contributed by atoms with Gasteiger partial charge < -0.3 is 9.47 Å². The Balaban J connectivity index is 1.54. The van der Waals surface area contributed by atoms with Crippen molar-refractivity contribution >= 4 is 0 Å². The average molecular weight is 360 g/mol. The molecule has 1 aromatic heterocycles. The Morgan fingerprint density at radius 1 is 0.889 bits per heavy atom. The van der Waals surface area contributed by atoms with Gasteiger partial charge in [-0.15, -0.1) is 0 Å². The Hall–Kier alpha value is -2.43. The Bertz CT molecular complexity index is 899. The van der Waals surface area contributed by atoms with E-state index in [2.05, 4.69) is 30.3 Å². The van der Waals surface area contributed by atoms with Gasteiger partial charge in [0, 0.05) is 18.4 Å². The summed E-state index contributed by atoms with van der Waals surface area (Å²) in [6, 6.07) is 22.7. The first kappa shape index (κ1) is 16.7. The molecule has 1 spiro atoms. The molecule has 2 aromatic carbocycles. The van der Waals surface area contributed by atoms with Crippen LogP contribution in [0.25, 0.3) is 16.9 Å². The number of rotatable bonds is 3. The van der Waals surface area contributed by atoms with E-state index < -0.39 is 0 Å². The fourth-order valence-corrected chi connectivity index (χ4v) is 4.20. The summed E-state index contributed by atoms with van der Waals surface area (Å²) >= 11 is 0. The molecule has 0 amide bonds. The van der Waals surface area contributed by atoms with Gasteiger partial charge in [-0.3, -0.25) is 0 Å². The molecule has 2 heterocycles. The van der Waals surface area contributed by atoms with E-state index in [0.717, 1.165) is 35.5 Å². The third-order valence-electron chi connectivity index (χ3n) is 5.61. The second kappa shape index (κ2) is 6.95. The number of para-hydroxylation sites is 1. The van der Waals surface area contributed by atoms with Gasteiger partial charge in [0.15, 0.2) is 5.79 Å². The lowest BCUT2D eigenvalue weighted by Gasteiger charge is -2.31. The molecule has 1 unspecified atom stereocenters. The summed E-state index contributed by atoms with van der Waals surface area (Å²) in [6.07, 6.45) is 5.54. The average Bonchev–Trinajstić information content (AvgIpc) is 3.35. The lowest BCUT2D eigenvalue weighted by Crippen LogP contribution is -2.32. The smallest absolute Gasteiger partial charge is 0.169 e. The lowest BCUT2D eigenvalue weighted by molar-refractivity contribution is -0.188. The predicted molar refractivity (Wildman–Crippen MR) is 105 cm³/mol. The molecule has 3 aromatic rings. The van der Waals surface area contributed by atoms with Crippen LogP contribution in [0.3, 0.4) is 0 Å². The van der Waals surface area contributed by atoms with Crippen molar-refractivity contribution in [2.24, 2.45) is 0 Å². The largest absolute Gasteiger partial charge is 0.347 e. The van der Waals surface area contributed by atoms with Crippen LogP contribution in [0.1, 0.15) is 43.9 Å². The van der Waals surface area contributed by atoms with Gasteiger partial charge in [-0.05, 0) is 31.0 Å². The normalized spacial score (nSPS) is 21.6. The minimum atomic E-state index is -0.387. The third-order valence-corrected chi connectivity index (χ3v) is 5.61. The highest BCUT2D eigenvalue weighted by Gasteiger charge is 2.43. The molecule has 0 bridgehead atoms. The highest BCUT2D eigenvalue weighted by atomic mass is 16.7. The maximum Gasteiger partial charge on any atom is 0.169 e. The summed E-state index contributed by atoms with van der Waals surface area (Å²) in [7, 11) is 0. The molecule has 4 nitrogen and oxygen atoms in total. The first-order valence-electron chi connectivity index (χ1n) is 9.86. The van der Waals surface area contributed by atoms with Gasteiger partial charge in [0.25, 0.3) is 0 Å². The Morgan fingerprint density at radius 3 is 2.33 bits per heavy atom. The molecule has 1 aliphatic heterocycles. The molecule has 5 rings (SSSR count). The summed E-state index contributed by atoms with van der Waals surface area (Å²) in [5, 5.41) is 4.91. The Labute approximate surface area is 159 Å². The summed E-state index contributed by atoms with van der Waals surface area (Å²) < 4.78 is 14.7. The fraction of sp³-hybridized carbons (Fsp3) is 0.348. The number of aromatic nitrogens is 2. The van der Waals surface area contributed by atoms with Crippen LogP contribution in [-0.2, 0) is 9.47 Å². The first-order chi connectivity index (χ1) is 13.3. The Kier molecular flexibility index (Phi) is 4.30. The van der Waals surface area contributed by atoms with Gasteiger partial charge in [-0.2, -0.15) is 5.10 Å². The van der Waals surface area contributed by atoms with Crippen molar-refractivity contribution in [2.75, 3.05) is 6.61 Å². The molecule has 1 saturated carbocycles. The van der Waals surface area contributed by atoms with Crippen LogP contribution in [0.15, 0.2) is 66.7 Å². The number of ether oxygens (including phenoxy) is 2. The lowest BCUT2D eigenvalue weighted by atomic mass is 9.94. The SMILES string of the molecule is c1ccc(-c2cc(C3COC4(CCCCC4)O3)n(-c3ccccc3)n2)cc1. The highest BCUT2D eigenvalue weighted by molar-refractivity contribution is 5.60. The molecular formula is C23H24N2O2. The molecular weight excluding hydrogens is 336 g/mol. The van der Waals surface area contributed by atoms with Gasteiger partial charge in [0.05, 0.1) is 23.7 Å². The van der Waals surface area contributed by atoms with Crippen LogP contribution in [0, 0.1) is 0 Å². The van der Waals surface area contributed by atoms with E-state index in [9.17, 15) is 0 Å². The number of hydrogen-bond donors (Lipinski definition) is 0. The van der Waals surface area contributed by atoms with Gasteiger partial charge in [-0.25, -0.2) is 4.68 Å². The first-order valence-corrected chi connectivity index (χ1v) is 9.86. The molecule has 4 heteroatoms. The predicted octanol–water partition coefficient (Wildman–Crippen LogP) is 5.29. The summed E-state index contributed by atoms with van der Waals surface area (Å²) in [5.41, 5.74) is 4.17. The zero-order valence-corrected chi connectivity index (χ0v) is 15.4. The van der Waals surface area contributed by atoms with Crippen molar-refractivity contribution in [1.82, 2.24) is 9.78 Å². The molecule has 0 N–H and O–H groups in total. The van der Waals surface area contributed by atoms with Crippen molar-refractivity contribution in [2.45, 2.75) is 44.0 Å². The van der Waals surface area contributed by atoms with E-state index in [1.807, 2.05) is 41.1 Å². The van der Waals surface area contributed by atoms with Crippen LogP contribution >= 0.6 is 0 Å². The zero-order chi connectivity index (χ0) is 18.1. The number of hydrogen-bond acceptors (Lipinski definition) is 3. The standard InChI is InChI=1S/C23H24N2O2/c1-4-10-18(11-5-1)20-16-21(25(24-20)19-12-6-2-7-13-19)22-17-26-23(27-22)14-8-3-9-15-23/h1-2,4-7,10-13,16,22H,3,8-9,14-15,17H2. The van der Waals surface area contributed by atoms with E-state index in [1.165, 1.54) is 19.3 Å². The molecule has 0 radical (unpaired) electrons. The second-order valence-corrected chi connectivity index (χ2v) is 7.46. The summed E-state index contributed by atoms with van der Waals surface area (Å²) in [5.74, 6) is -0.387. The van der Waals surface area contributed by atoms with Gasteiger partial charge in [0.2, 0.25) is 0 Å². The van der Waals surface area contributed by atoms with Crippen molar-refractivity contribution in [3.05, 3.63) is 72.4 Å². The molecule has 1 aliphatic carbocycles. The van der Waals surface area contributed by atoms with Gasteiger partial charge in [-0.1, -0.05) is 55.0 Å². The zero-order valence-electron chi connectivity index (χ0n) is 15.4. The van der Waals surface area contributed by atoms with E-state index >= 15 is 0 Å². The molecule has 1 atom stereocenters. The summed E-state index contributed by atoms with van der Waals surface area (Å²) in [6.45, 7) is 0.590. The van der Waals surface area contributed by atoms with E-state index in [0.29, 0.717) is 6.61 Å². The molecule has 1 saturated heterocycles. The molecule has 2 fully saturated rings. The molecule has 27 heavy (non-hydrogen) atoms. The van der Waals surface area contributed by atoms with Crippen molar-refractivity contribution in [1.29, 1.82) is 0 Å². The van der Waals surface area contributed by atoms with Crippen LogP contribution in [0.2, 0.25) is 0 Å². The minimum absolute atomic E-state index is 0.0896. The van der Waals surface area contributed by atoms with E-state index in [1.54, 1.807) is 0 Å². The number of benzene rings is 2. The summed E-state index contributed by atoms with van der Waals surface area (Å²) in [4.78, 5) is 0. The Morgan fingerprint density at radius 2 is 1.59 bits per heavy atom. The third kappa shape index (κ3) is 3.20. The quantitative estimate of drug-likeness (QED) is 0.637. The van der Waals surface area contributed by atoms with Crippen LogP contribution in [-0.4, -0.2) is 22.2 Å². The van der Waals surface area contributed by atoms with Gasteiger partial charge >= 0.3 is 0 Å². The monoisotopic (exact) mass is 360 g/mol. The van der Waals surface area contributed by atoms with Gasteiger partial charge in [0.1, 0.15) is 6.10 Å². The van der Waals surface area contributed by atoms with E-state index in [-0.39, 0.29) is 11.9 Å². The van der Waals surface area contributed by atoms with Crippen molar-refractivity contribution in [3.63, 3.8) is 0 Å². The van der Waals surface area contributed by atoms with Crippen LogP contribution < -0.4 is 0 Å². The maximum atomic E-state index is 6.50. The molecule has 138 valence electrons. The minimum Gasteiger partial charge on any atom is -0.347 e. The van der Waals surface area contributed by atoms with Crippen molar-refractivity contribution in [3.8, 4) is 16.9 Å². The van der Waals surface area contributed by atoms with Crippen LogP contribution in [0.5, 0.6) is 0 Å². The number of nitrogens with zero attached hydrogens (tertiary/aromatic N) is 2. The maximum absolute atomic E-state index is 6.50. The highest BCUT2D eigenvalue weighted by Crippen LogP contribution is 2.43. The van der Waals surface area contributed by atoms with E-state index in [4.69, 9.17) is 14.6 Å².